The van der Waals surface area contributed by atoms with E-state index in [2.05, 4.69) is 5.32 Å². The predicted octanol–water partition coefficient (Wildman–Crippen LogP) is 2.06. The summed E-state index contributed by atoms with van der Waals surface area (Å²) in [5.74, 6) is 1.07. The number of carbonyl (C=O) groups excluding carboxylic acids is 1. The third kappa shape index (κ3) is 3.56. The Balaban J connectivity index is 1.44. The first kappa shape index (κ1) is 14.4. The van der Waals surface area contributed by atoms with Gasteiger partial charge in [-0.15, -0.1) is 0 Å². The highest BCUT2D eigenvalue weighted by atomic mass is 16.5. The quantitative estimate of drug-likeness (QED) is 0.922. The van der Waals surface area contributed by atoms with Gasteiger partial charge in [0.15, 0.2) is 0 Å². The molecule has 2 saturated heterocycles. The van der Waals surface area contributed by atoms with E-state index in [4.69, 9.17) is 4.74 Å². The number of nitrogens with zero attached hydrogens (tertiary/aromatic N) is 1. The second kappa shape index (κ2) is 6.48. The Morgan fingerprint density at radius 3 is 2.71 bits per heavy atom. The monoisotopic (exact) mass is 288 g/mol. The second-order valence-electron chi connectivity index (χ2n) is 6.23. The number of hydrogen-bond donors (Lipinski definition) is 1. The Morgan fingerprint density at radius 1 is 1.19 bits per heavy atom. The average Bonchev–Trinajstić information content (AvgIpc) is 2.93. The van der Waals surface area contributed by atoms with Gasteiger partial charge in [0.2, 0.25) is 5.91 Å². The zero-order valence-corrected chi connectivity index (χ0v) is 12.5. The van der Waals surface area contributed by atoms with Gasteiger partial charge in [-0.2, -0.15) is 0 Å². The van der Waals surface area contributed by atoms with Crippen molar-refractivity contribution < 1.29 is 9.53 Å². The highest BCUT2D eigenvalue weighted by Crippen LogP contribution is 2.38. The summed E-state index contributed by atoms with van der Waals surface area (Å²) in [6.45, 7) is 4.52. The molecule has 1 aromatic carbocycles. The van der Waals surface area contributed by atoms with E-state index in [-0.39, 0.29) is 5.91 Å². The molecule has 1 aromatic rings. The van der Waals surface area contributed by atoms with Crippen LogP contribution < -0.4 is 10.1 Å². The van der Waals surface area contributed by atoms with Crippen molar-refractivity contribution in [3.05, 3.63) is 30.3 Å². The van der Waals surface area contributed by atoms with Crippen molar-refractivity contribution in [2.75, 3.05) is 32.8 Å². The molecule has 0 unspecified atom stereocenters. The van der Waals surface area contributed by atoms with Gasteiger partial charge in [-0.25, -0.2) is 0 Å². The maximum Gasteiger partial charge on any atom is 0.226 e. The molecule has 0 bridgehead atoms. The lowest BCUT2D eigenvalue weighted by Crippen LogP contribution is -2.40. The molecule has 2 fully saturated rings. The number of benzene rings is 1. The first-order chi connectivity index (χ1) is 10.3. The van der Waals surface area contributed by atoms with E-state index >= 15 is 0 Å². The molecule has 4 nitrogen and oxygen atoms in total. The number of hydrogen-bond acceptors (Lipinski definition) is 3. The summed E-state index contributed by atoms with van der Waals surface area (Å²) in [5.41, 5.74) is 0.390. The van der Waals surface area contributed by atoms with Crippen molar-refractivity contribution in [2.45, 2.75) is 25.7 Å². The fraction of sp³-hybridized carbons (Fsp3) is 0.588. The number of ether oxygens (including phenoxy) is 1. The smallest absolute Gasteiger partial charge is 0.226 e. The minimum atomic E-state index is 0.237. The molecule has 0 radical (unpaired) electrons. The first-order valence-corrected chi connectivity index (χ1v) is 7.94. The Bertz CT molecular complexity index is 469. The van der Waals surface area contributed by atoms with Crippen molar-refractivity contribution in [3.8, 4) is 5.75 Å². The minimum absolute atomic E-state index is 0.237. The van der Waals surface area contributed by atoms with Crippen molar-refractivity contribution in [1.29, 1.82) is 0 Å². The molecule has 1 amide bonds. The van der Waals surface area contributed by atoms with Crippen molar-refractivity contribution in [3.63, 3.8) is 0 Å². The molecule has 114 valence electrons. The highest BCUT2D eigenvalue weighted by Gasteiger charge is 2.40. The molecule has 2 heterocycles. The lowest BCUT2D eigenvalue weighted by atomic mass is 9.78. The average molecular weight is 288 g/mol. The maximum atomic E-state index is 12.3. The van der Waals surface area contributed by atoms with Crippen LogP contribution in [0.3, 0.4) is 0 Å². The molecular formula is C17H24N2O2. The number of amides is 1. The third-order valence-electron chi connectivity index (χ3n) is 4.78. The van der Waals surface area contributed by atoms with Crippen LogP contribution in [0.5, 0.6) is 5.75 Å². The fourth-order valence-corrected chi connectivity index (χ4v) is 3.44. The standard InChI is InChI=1S/C17H24N2O2/c20-16(6-13-21-15-4-2-1-3-5-15)19-12-9-17(14-19)7-10-18-11-8-17/h1-5,18H,6-14H2. The number of para-hydroxylation sites is 1. The SMILES string of the molecule is O=C(CCOc1ccccc1)N1CCC2(CCNCC2)C1. The molecule has 0 aromatic heterocycles. The van der Waals surface area contributed by atoms with E-state index in [0.717, 1.165) is 31.9 Å². The number of carbonyl (C=O) groups is 1. The molecule has 3 rings (SSSR count). The first-order valence-electron chi connectivity index (χ1n) is 7.94. The lowest BCUT2D eigenvalue weighted by molar-refractivity contribution is -0.131. The molecule has 2 aliphatic rings. The van der Waals surface area contributed by atoms with Crippen LogP contribution in [-0.4, -0.2) is 43.6 Å². The zero-order chi connectivity index (χ0) is 14.5. The summed E-state index contributed by atoms with van der Waals surface area (Å²) in [5, 5.41) is 3.41. The Kier molecular flexibility index (Phi) is 4.44. The molecule has 1 N–H and O–H groups in total. The van der Waals surface area contributed by atoms with Crippen LogP contribution in [0.2, 0.25) is 0 Å². The van der Waals surface area contributed by atoms with Crippen LogP contribution >= 0.6 is 0 Å². The van der Waals surface area contributed by atoms with Crippen LogP contribution in [-0.2, 0) is 4.79 Å². The molecule has 1 spiro atoms. The Labute approximate surface area is 126 Å². The van der Waals surface area contributed by atoms with E-state index in [1.165, 1.54) is 19.3 Å². The molecule has 0 aliphatic carbocycles. The minimum Gasteiger partial charge on any atom is -0.493 e. The van der Waals surface area contributed by atoms with Crippen LogP contribution in [0.1, 0.15) is 25.7 Å². The van der Waals surface area contributed by atoms with Gasteiger partial charge < -0.3 is 15.0 Å². The highest BCUT2D eigenvalue weighted by molar-refractivity contribution is 5.76. The number of nitrogens with one attached hydrogen (secondary N) is 1. The van der Waals surface area contributed by atoms with Crippen molar-refractivity contribution in [1.82, 2.24) is 10.2 Å². The van der Waals surface area contributed by atoms with Gasteiger partial charge in [0.25, 0.3) is 0 Å². The molecule has 0 atom stereocenters. The van der Waals surface area contributed by atoms with Crippen LogP contribution in [0.25, 0.3) is 0 Å². The molecular weight excluding hydrogens is 264 g/mol. The van der Waals surface area contributed by atoms with Crippen LogP contribution in [0.15, 0.2) is 30.3 Å². The van der Waals surface area contributed by atoms with Gasteiger partial charge in [-0.1, -0.05) is 18.2 Å². The summed E-state index contributed by atoms with van der Waals surface area (Å²) in [6, 6.07) is 9.69. The largest absolute Gasteiger partial charge is 0.493 e. The normalized spacial score (nSPS) is 20.7. The van der Waals surface area contributed by atoms with Crippen LogP contribution in [0, 0.1) is 5.41 Å². The number of rotatable bonds is 4. The van der Waals surface area contributed by atoms with Gasteiger partial charge >= 0.3 is 0 Å². The van der Waals surface area contributed by atoms with E-state index in [1.54, 1.807) is 0 Å². The summed E-state index contributed by atoms with van der Waals surface area (Å²) < 4.78 is 5.62. The van der Waals surface area contributed by atoms with Gasteiger partial charge in [-0.3, -0.25) is 4.79 Å². The van der Waals surface area contributed by atoms with Gasteiger partial charge in [-0.05, 0) is 49.9 Å². The summed E-state index contributed by atoms with van der Waals surface area (Å²) in [7, 11) is 0. The van der Waals surface area contributed by atoms with E-state index in [1.807, 2.05) is 35.2 Å². The third-order valence-corrected chi connectivity index (χ3v) is 4.78. The van der Waals surface area contributed by atoms with E-state index in [0.29, 0.717) is 18.4 Å². The topological polar surface area (TPSA) is 41.6 Å². The van der Waals surface area contributed by atoms with Crippen molar-refractivity contribution >= 4 is 5.91 Å². The predicted molar refractivity (Wildman–Crippen MR) is 82.3 cm³/mol. The molecule has 21 heavy (non-hydrogen) atoms. The maximum absolute atomic E-state index is 12.3. The molecule has 4 heteroatoms. The molecule has 0 saturated carbocycles. The van der Waals surface area contributed by atoms with Crippen LogP contribution in [0.4, 0.5) is 0 Å². The fourth-order valence-electron chi connectivity index (χ4n) is 3.44. The summed E-state index contributed by atoms with van der Waals surface area (Å²) in [4.78, 5) is 14.3. The van der Waals surface area contributed by atoms with Crippen molar-refractivity contribution in [2.24, 2.45) is 5.41 Å². The van der Waals surface area contributed by atoms with Gasteiger partial charge in [0.1, 0.15) is 5.75 Å². The second-order valence-corrected chi connectivity index (χ2v) is 6.23. The van der Waals surface area contributed by atoms with Gasteiger partial charge in [0, 0.05) is 13.1 Å². The Hall–Kier alpha value is -1.55. The summed E-state index contributed by atoms with van der Waals surface area (Å²) in [6.07, 6.45) is 4.05. The summed E-state index contributed by atoms with van der Waals surface area (Å²) >= 11 is 0. The lowest BCUT2D eigenvalue weighted by Gasteiger charge is -2.33. The zero-order valence-electron chi connectivity index (χ0n) is 12.5. The number of piperidine rings is 1. The van der Waals surface area contributed by atoms with E-state index < -0.39 is 0 Å². The Morgan fingerprint density at radius 2 is 1.95 bits per heavy atom. The number of likely N-dealkylation sites (tertiary alicyclic amines) is 1. The van der Waals surface area contributed by atoms with Gasteiger partial charge in [0.05, 0.1) is 13.0 Å². The molecule has 2 aliphatic heterocycles. The van der Waals surface area contributed by atoms with E-state index in [9.17, 15) is 4.79 Å².